The first-order valence-electron chi connectivity index (χ1n) is 8.78. The van der Waals surface area contributed by atoms with Crippen molar-refractivity contribution in [3.05, 3.63) is 58.7 Å². The van der Waals surface area contributed by atoms with Gasteiger partial charge in [0, 0.05) is 5.41 Å². The highest BCUT2D eigenvalue weighted by Crippen LogP contribution is 2.61. The number of hydrogen-bond acceptors (Lipinski definition) is 0. The predicted octanol–water partition coefficient (Wildman–Crippen LogP) is 5.81. The third kappa shape index (κ3) is 1.82. The van der Waals surface area contributed by atoms with E-state index in [4.69, 9.17) is 0 Å². The molecule has 3 aliphatic rings. The van der Waals surface area contributed by atoms with E-state index in [1.54, 1.807) is 22.3 Å². The molecule has 0 nitrogen and oxygen atoms in total. The first-order valence-corrected chi connectivity index (χ1v) is 8.78. The van der Waals surface area contributed by atoms with Gasteiger partial charge in [0.25, 0.3) is 0 Å². The standard InChI is InChI=1S/C22H28/c1-15-7-6-10-22(14-19(15)22)16-8-9-17-18(13-16)21(4,5)12-11-20(17,2)3/h6-10,13,19H,11-12,14H2,1-5H3. The van der Waals surface area contributed by atoms with Gasteiger partial charge < -0.3 is 0 Å². The molecule has 3 aliphatic carbocycles. The Hall–Kier alpha value is -1.30. The van der Waals surface area contributed by atoms with E-state index in [-0.39, 0.29) is 0 Å². The van der Waals surface area contributed by atoms with Crippen molar-refractivity contribution in [3.8, 4) is 0 Å². The van der Waals surface area contributed by atoms with E-state index in [2.05, 4.69) is 71.0 Å². The Kier molecular flexibility index (Phi) is 2.70. The molecule has 0 aliphatic heterocycles. The third-order valence-electron chi connectivity index (χ3n) is 6.70. The number of fused-ring (bicyclic) bond motifs is 2. The topological polar surface area (TPSA) is 0 Å². The van der Waals surface area contributed by atoms with Crippen molar-refractivity contribution in [3.63, 3.8) is 0 Å². The average molecular weight is 292 g/mol. The van der Waals surface area contributed by atoms with E-state index < -0.39 is 0 Å². The van der Waals surface area contributed by atoms with Gasteiger partial charge in [0.2, 0.25) is 0 Å². The second kappa shape index (κ2) is 4.16. The molecule has 1 fully saturated rings. The SMILES string of the molecule is CC1=CC=CC2(c3ccc4c(c3)C(C)(C)CCC4(C)C)CC12. The summed E-state index contributed by atoms with van der Waals surface area (Å²) >= 11 is 0. The summed E-state index contributed by atoms with van der Waals surface area (Å²) in [5.74, 6) is 0.746. The molecule has 22 heavy (non-hydrogen) atoms. The largest absolute Gasteiger partial charge is 0.0733 e. The summed E-state index contributed by atoms with van der Waals surface area (Å²) in [7, 11) is 0. The Morgan fingerprint density at radius 2 is 1.64 bits per heavy atom. The van der Waals surface area contributed by atoms with Gasteiger partial charge in [0.15, 0.2) is 0 Å². The van der Waals surface area contributed by atoms with Crippen LogP contribution in [0, 0.1) is 5.92 Å². The molecule has 4 rings (SSSR count). The zero-order chi connectivity index (χ0) is 15.8. The molecule has 0 spiro atoms. The summed E-state index contributed by atoms with van der Waals surface area (Å²) < 4.78 is 0. The summed E-state index contributed by atoms with van der Waals surface area (Å²) in [4.78, 5) is 0. The Balaban J connectivity index is 1.83. The molecule has 0 amide bonds. The average Bonchev–Trinajstić information content (AvgIpc) is 3.21. The molecular formula is C22H28. The fourth-order valence-electron chi connectivity index (χ4n) is 4.81. The van der Waals surface area contributed by atoms with E-state index in [0.717, 1.165) is 5.92 Å². The molecule has 1 aromatic carbocycles. The van der Waals surface area contributed by atoms with Gasteiger partial charge in [0.1, 0.15) is 0 Å². The van der Waals surface area contributed by atoms with Crippen molar-refractivity contribution in [2.24, 2.45) is 5.92 Å². The Morgan fingerprint density at radius 3 is 2.36 bits per heavy atom. The van der Waals surface area contributed by atoms with Gasteiger partial charge in [0.05, 0.1) is 0 Å². The van der Waals surface area contributed by atoms with Crippen LogP contribution in [0.25, 0.3) is 0 Å². The fraction of sp³-hybridized carbons (Fsp3) is 0.545. The van der Waals surface area contributed by atoms with Crippen LogP contribution in [0.1, 0.15) is 70.6 Å². The summed E-state index contributed by atoms with van der Waals surface area (Å²) in [5, 5.41) is 0. The number of allylic oxidation sites excluding steroid dienone is 4. The monoisotopic (exact) mass is 292 g/mol. The lowest BCUT2D eigenvalue weighted by Crippen LogP contribution is -2.34. The maximum Gasteiger partial charge on any atom is 0.0207 e. The molecule has 0 bridgehead atoms. The van der Waals surface area contributed by atoms with E-state index in [1.807, 2.05) is 0 Å². The van der Waals surface area contributed by atoms with Crippen LogP contribution in [-0.2, 0) is 16.2 Å². The minimum absolute atomic E-state index is 0.311. The predicted molar refractivity (Wildman–Crippen MR) is 94.4 cm³/mol. The van der Waals surface area contributed by atoms with Crippen molar-refractivity contribution in [1.82, 2.24) is 0 Å². The second-order valence-corrected chi connectivity index (χ2v) is 9.10. The normalized spacial score (nSPS) is 33.7. The Labute approximate surface area is 135 Å². The molecule has 1 aromatic rings. The first kappa shape index (κ1) is 14.3. The van der Waals surface area contributed by atoms with Crippen LogP contribution in [0.3, 0.4) is 0 Å². The Bertz CT molecular complexity index is 699. The lowest BCUT2D eigenvalue weighted by molar-refractivity contribution is 0.331. The molecule has 0 heteroatoms. The van der Waals surface area contributed by atoms with Crippen molar-refractivity contribution < 1.29 is 0 Å². The molecule has 1 saturated carbocycles. The molecule has 0 N–H and O–H groups in total. The molecule has 0 saturated heterocycles. The molecule has 2 atom stereocenters. The summed E-state index contributed by atoms with van der Waals surface area (Å²) in [6.45, 7) is 12.0. The zero-order valence-corrected chi connectivity index (χ0v) is 14.7. The third-order valence-corrected chi connectivity index (χ3v) is 6.70. The fourth-order valence-corrected chi connectivity index (χ4v) is 4.81. The first-order chi connectivity index (χ1) is 10.3. The maximum atomic E-state index is 2.55. The van der Waals surface area contributed by atoms with Crippen molar-refractivity contribution in [2.75, 3.05) is 0 Å². The molecule has 0 aromatic heterocycles. The van der Waals surface area contributed by atoms with Gasteiger partial charge in [-0.3, -0.25) is 0 Å². The van der Waals surface area contributed by atoms with E-state index in [9.17, 15) is 0 Å². The zero-order valence-electron chi connectivity index (χ0n) is 14.7. The molecule has 2 unspecified atom stereocenters. The van der Waals surface area contributed by atoms with Gasteiger partial charge in [-0.15, -0.1) is 0 Å². The molecular weight excluding hydrogens is 264 g/mol. The smallest absolute Gasteiger partial charge is 0.0207 e. The number of rotatable bonds is 1. The quantitative estimate of drug-likeness (QED) is 0.612. The van der Waals surface area contributed by atoms with E-state index >= 15 is 0 Å². The van der Waals surface area contributed by atoms with Crippen LogP contribution in [-0.4, -0.2) is 0 Å². The summed E-state index contributed by atoms with van der Waals surface area (Å²) in [6, 6.07) is 7.42. The minimum Gasteiger partial charge on any atom is -0.0733 e. The van der Waals surface area contributed by atoms with Crippen molar-refractivity contribution in [1.29, 1.82) is 0 Å². The lowest BCUT2D eigenvalue weighted by atomic mass is 9.62. The van der Waals surface area contributed by atoms with Gasteiger partial charge in [-0.1, -0.05) is 69.7 Å². The number of hydrogen-bond donors (Lipinski definition) is 0. The molecule has 0 radical (unpaired) electrons. The number of benzene rings is 1. The van der Waals surface area contributed by atoms with Gasteiger partial charge in [-0.2, -0.15) is 0 Å². The van der Waals surface area contributed by atoms with Gasteiger partial charge in [-0.25, -0.2) is 0 Å². The highest BCUT2D eigenvalue weighted by Gasteiger charge is 2.55. The second-order valence-electron chi connectivity index (χ2n) is 9.10. The maximum absolute atomic E-state index is 2.55. The van der Waals surface area contributed by atoms with E-state index in [0.29, 0.717) is 16.2 Å². The van der Waals surface area contributed by atoms with Gasteiger partial charge >= 0.3 is 0 Å². The lowest BCUT2D eigenvalue weighted by Gasteiger charge is -2.42. The summed E-state index contributed by atoms with van der Waals surface area (Å²) in [6.07, 6.45) is 10.9. The van der Waals surface area contributed by atoms with Crippen molar-refractivity contribution in [2.45, 2.75) is 70.1 Å². The van der Waals surface area contributed by atoms with Crippen molar-refractivity contribution >= 4 is 0 Å². The molecule has 0 heterocycles. The minimum atomic E-state index is 0.311. The van der Waals surface area contributed by atoms with Crippen LogP contribution in [0.2, 0.25) is 0 Å². The van der Waals surface area contributed by atoms with E-state index in [1.165, 1.54) is 19.3 Å². The van der Waals surface area contributed by atoms with Crippen LogP contribution >= 0.6 is 0 Å². The highest BCUT2D eigenvalue weighted by atomic mass is 14.6. The summed E-state index contributed by atoms with van der Waals surface area (Å²) in [5.41, 5.74) is 7.22. The van der Waals surface area contributed by atoms with Crippen LogP contribution in [0.15, 0.2) is 42.0 Å². The van der Waals surface area contributed by atoms with Crippen LogP contribution in [0.4, 0.5) is 0 Å². The molecule has 116 valence electrons. The van der Waals surface area contributed by atoms with Crippen LogP contribution < -0.4 is 0 Å². The highest BCUT2D eigenvalue weighted by molar-refractivity contribution is 5.53. The Morgan fingerprint density at radius 1 is 0.955 bits per heavy atom. The van der Waals surface area contributed by atoms with Gasteiger partial charge in [-0.05, 0) is 59.6 Å². The van der Waals surface area contributed by atoms with Crippen LogP contribution in [0.5, 0.6) is 0 Å².